The van der Waals surface area contributed by atoms with E-state index >= 15 is 0 Å². The van der Waals surface area contributed by atoms with Gasteiger partial charge in [-0.3, -0.25) is 4.57 Å². The van der Waals surface area contributed by atoms with Crippen molar-refractivity contribution in [2.75, 3.05) is 0 Å². The van der Waals surface area contributed by atoms with Crippen LogP contribution in [-0.4, -0.2) is 9.55 Å². The van der Waals surface area contributed by atoms with Gasteiger partial charge in [0.05, 0.1) is 0 Å². The van der Waals surface area contributed by atoms with E-state index in [1.807, 2.05) is 48.8 Å². The molecule has 0 spiro atoms. The Morgan fingerprint density at radius 3 is 2.36 bits per heavy atom. The van der Waals surface area contributed by atoms with E-state index < -0.39 is 0 Å². The van der Waals surface area contributed by atoms with Crippen LogP contribution in [0.25, 0.3) is 9.46 Å². The predicted octanol–water partition coefficient (Wildman–Crippen LogP) is 4.72. The van der Waals surface area contributed by atoms with Crippen molar-refractivity contribution in [3.8, 4) is 0 Å². The molecule has 108 valence electrons. The van der Waals surface area contributed by atoms with Gasteiger partial charge in [0, 0.05) is 23.5 Å². The van der Waals surface area contributed by atoms with Gasteiger partial charge in [-0.25, -0.2) is 4.98 Å². The standard InChI is InChI=1S/C18H13IN2O/c19-17-15(13-7-3-1-4-8-13)22-16(14-9-5-2-6-10-14)18-20-11-12-21(17)18/h1-12,16H. The molecule has 3 nitrogen and oxygen atoms in total. The van der Waals surface area contributed by atoms with E-state index in [0.717, 1.165) is 26.4 Å². The summed E-state index contributed by atoms with van der Waals surface area (Å²) in [6, 6.07) is 20.4. The van der Waals surface area contributed by atoms with Crippen LogP contribution in [0.1, 0.15) is 23.1 Å². The lowest BCUT2D eigenvalue weighted by molar-refractivity contribution is 0.191. The van der Waals surface area contributed by atoms with Gasteiger partial charge in [-0.1, -0.05) is 60.7 Å². The Morgan fingerprint density at radius 1 is 0.955 bits per heavy atom. The molecule has 0 saturated heterocycles. The number of fused-ring (bicyclic) bond motifs is 1. The molecular formula is C18H13IN2O. The van der Waals surface area contributed by atoms with Gasteiger partial charge in [0.2, 0.25) is 0 Å². The molecule has 2 heterocycles. The summed E-state index contributed by atoms with van der Waals surface area (Å²) in [5.74, 6) is 1.80. The molecule has 1 atom stereocenters. The Labute approximate surface area is 142 Å². The van der Waals surface area contributed by atoms with E-state index in [0.29, 0.717) is 0 Å². The molecule has 0 N–H and O–H groups in total. The maximum atomic E-state index is 6.34. The number of imidazole rings is 1. The minimum Gasteiger partial charge on any atom is -0.474 e. The molecule has 0 bridgehead atoms. The molecule has 1 aromatic heterocycles. The van der Waals surface area contributed by atoms with E-state index in [1.165, 1.54) is 0 Å². The first-order valence-electron chi connectivity index (χ1n) is 7.05. The highest BCUT2D eigenvalue weighted by Crippen LogP contribution is 2.41. The van der Waals surface area contributed by atoms with Crippen molar-refractivity contribution < 1.29 is 4.74 Å². The summed E-state index contributed by atoms with van der Waals surface area (Å²) in [6.45, 7) is 0. The van der Waals surface area contributed by atoms with Gasteiger partial charge in [0.25, 0.3) is 0 Å². The normalized spacial score (nSPS) is 17.0. The van der Waals surface area contributed by atoms with Gasteiger partial charge in [-0.15, -0.1) is 0 Å². The highest BCUT2D eigenvalue weighted by molar-refractivity contribution is 14.1. The molecule has 0 amide bonds. The summed E-state index contributed by atoms with van der Waals surface area (Å²) in [4.78, 5) is 4.49. The molecule has 1 aliphatic heterocycles. The van der Waals surface area contributed by atoms with Crippen LogP contribution in [0.5, 0.6) is 0 Å². The molecule has 1 unspecified atom stereocenters. The zero-order chi connectivity index (χ0) is 14.9. The molecule has 3 aromatic rings. The number of nitrogens with zero attached hydrogens (tertiary/aromatic N) is 2. The third-order valence-electron chi connectivity index (χ3n) is 3.68. The Hall–Kier alpha value is -2.08. The van der Waals surface area contributed by atoms with Gasteiger partial charge in [0.15, 0.2) is 17.7 Å². The van der Waals surface area contributed by atoms with E-state index in [-0.39, 0.29) is 6.10 Å². The van der Waals surface area contributed by atoms with Crippen molar-refractivity contribution in [2.45, 2.75) is 6.10 Å². The fourth-order valence-corrected chi connectivity index (χ4v) is 3.47. The van der Waals surface area contributed by atoms with Gasteiger partial charge < -0.3 is 4.74 Å². The summed E-state index contributed by atoms with van der Waals surface area (Å²) < 4.78 is 9.48. The lowest BCUT2D eigenvalue weighted by Gasteiger charge is -2.28. The average molecular weight is 400 g/mol. The second-order valence-corrected chi connectivity index (χ2v) is 6.07. The highest BCUT2D eigenvalue weighted by atomic mass is 127. The average Bonchev–Trinajstić information content (AvgIpc) is 3.07. The molecule has 0 radical (unpaired) electrons. The number of rotatable bonds is 2. The zero-order valence-corrected chi connectivity index (χ0v) is 13.8. The van der Waals surface area contributed by atoms with E-state index in [1.54, 1.807) is 0 Å². The SMILES string of the molecule is IC1=C(c2ccccc2)OC(c2ccccc2)c2nccn21. The van der Waals surface area contributed by atoms with Crippen molar-refractivity contribution in [2.24, 2.45) is 0 Å². The first-order chi connectivity index (χ1) is 10.8. The Bertz CT molecular complexity index is 825. The van der Waals surface area contributed by atoms with Crippen LogP contribution in [0.3, 0.4) is 0 Å². The van der Waals surface area contributed by atoms with Crippen molar-refractivity contribution >= 4 is 32.1 Å². The third-order valence-corrected chi connectivity index (χ3v) is 4.69. The second-order valence-electron chi connectivity index (χ2n) is 5.05. The van der Waals surface area contributed by atoms with E-state index in [2.05, 4.69) is 56.4 Å². The fourth-order valence-electron chi connectivity index (χ4n) is 2.63. The van der Waals surface area contributed by atoms with Gasteiger partial charge >= 0.3 is 0 Å². The molecule has 1 aliphatic rings. The van der Waals surface area contributed by atoms with Gasteiger partial charge in [-0.05, 0) is 22.6 Å². The Morgan fingerprint density at radius 2 is 1.64 bits per heavy atom. The largest absolute Gasteiger partial charge is 0.474 e. The number of aromatic nitrogens is 2. The summed E-state index contributed by atoms with van der Waals surface area (Å²) >= 11 is 2.32. The number of benzene rings is 2. The van der Waals surface area contributed by atoms with Crippen molar-refractivity contribution in [3.63, 3.8) is 0 Å². The summed E-state index contributed by atoms with van der Waals surface area (Å²) in [5.41, 5.74) is 2.18. The number of hydrogen-bond donors (Lipinski definition) is 0. The fraction of sp³-hybridized carbons (Fsp3) is 0.0556. The summed E-state index contributed by atoms with van der Waals surface area (Å²) in [7, 11) is 0. The highest BCUT2D eigenvalue weighted by Gasteiger charge is 2.29. The molecule has 0 fully saturated rings. The molecule has 0 aliphatic carbocycles. The first kappa shape index (κ1) is 13.6. The van der Waals surface area contributed by atoms with Gasteiger partial charge in [-0.2, -0.15) is 0 Å². The van der Waals surface area contributed by atoms with Crippen LogP contribution in [-0.2, 0) is 4.74 Å². The predicted molar refractivity (Wildman–Crippen MR) is 95.2 cm³/mol. The molecule has 22 heavy (non-hydrogen) atoms. The molecular weight excluding hydrogens is 387 g/mol. The van der Waals surface area contributed by atoms with Crippen molar-refractivity contribution in [3.05, 3.63) is 90.0 Å². The van der Waals surface area contributed by atoms with E-state index in [4.69, 9.17) is 4.74 Å². The van der Waals surface area contributed by atoms with E-state index in [9.17, 15) is 0 Å². The summed E-state index contributed by atoms with van der Waals surface area (Å²) in [6.07, 6.45) is 3.62. The van der Waals surface area contributed by atoms with Crippen LogP contribution in [0.2, 0.25) is 0 Å². The molecule has 4 heteroatoms. The number of hydrogen-bond acceptors (Lipinski definition) is 2. The number of halogens is 1. The Balaban J connectivity index is 1.87. The maximum Gasteiger partial charge on any atom is 0.182 e. The van der Waals surface area contributed by atoms with Crippen LogP contribution < -0.4 is 0 Å². The van der Waals surface area contributed by atoms with Gasteiger partial charge in [0.1, 0.15) is 3.70 Å². The maximum absolute atomic E-state index is 6.34. The zero-order valence-electron chi connectivity index (χ0n) is 11.7. The monoisotopic (exact) mass is 400 g/mol. The number of ether oxygens (including phenoxy) is 1. The van der Waals surface area contributed by atoms with Crippen LogP contribution in [0.15, 0.2) is 73.1 Å². The minimum absolute atomic E-state index is 0.190. The van der Waals surface area contributed by atoms with Crippen LogP contribution in [0.4, 0.5) is 0 Å². The van der Waals surface area contributed by atoms with Crippen molar-refractivity contribution in [1.82, 2.24) is 9.55 Å². The minimum atomic E-state index is -0.190. The topological polar surface area (TPSA) is 27.1 Å². The summed E-state index contributed by atoms with van der Waals surface area (Å²) in [5, 5.41) is 0. The quantitative estimate of drug-likeness (QED) is 0.582. The second kappa shape index (κ2) is 5.61. The lowest BCUT2D eigenvalue weighted by atomic mass is 10.1. The smallest absolute Gasteiger partial charge is 0.182 e. The third kappa shape index (κ3) is 2.23. The molecule has 4 rings (SSSR count). The Kier molecular flexibility index (Phi) is 3.46. The van der Waals surface area contributed by atoms with Crippen LogP contribution >= 0.6 is 22.6 Å². The lowest BCUT2D eigenvalue weighted by Crippen LogP contribution is -2.17. The molecule has 2 aromatic carbocycles. The van der Waals surface area contributed by atoms with Crippen LogP contribution in [0, 0.1) is 0 Å². The first-order valence-corrected chi connectivity index (χ1v) is 8.13. The van der Waals surface area contributed by atoms with Crippen molar-refractivity contribution in [1.29, 1.82) is 0 Å². The molecule has 0 saturated carbocycles.